The molecule has 148 valence electrons. The van der Waals surface area contributed by atoms with E-state index < -0.39 is 5.97 Å². The van der Waals surface area contributed by atoms with E-state index in [4.69, 9.17) is 9.84 Å². The van der Waals surface area contributed by atoms with Gasteiger partial charge in [-0.3, -0.25) is 9.79 Å². The molecule has 7 nitrogen and oxygen atoms in total. The minimum Gasteiger partial charge on any atom is -0.478 e. The van der Waals surface area contributed by atoms with Gasteiger partial charge in [-0.15, -0.1) is 0 Å². The average molecular weight is 391 g/mol. The summed E-state index contributed by atoms with van der Waals surface area (Å²) in [4.78, 5) is 29.9. The topological polar surface area (TPSA) is 84.1 Å². The molecule has 0 radical (unpaired) electrons. The van der Waals surface area contributed by atoms with E-state index in [0.29, 0.717) is 32.0 Å². The molecule has 2 aromatic carbocycles. The number of carboxylic acids is 1. The van der Waals surface area contributed by atoms with Gasteiger partial charge in [0.15, 0.2) is 0 Å². The molecule has 0 aliphatic carbocycles. The van der Waals surface area contributed by atoms with Crippen LogP contribution in [0.1, 0.15) is 15.9 Å². The Labute approximate surface area is 167 Å². The summed E-state index contributed by atoms with van der Waals surface area (Å²) in [5.41, 5.74) is 2.76. The van der Waals surface area contributed by atoms with Gasteiger partial charge in [0.1, 0.15) is 6.54 Å². The van der Waals surface area contributed by atoms with Crippen LogP contribution in [0.4, 0.5) is 5.69 Å². The SMILES string of the molecule is O=C(O)c1ccc(N=Cc2cn(CC(=O)N3CCOCC3)c3ccccc23)cc1. The number of ether oxygens (including phenoxy) is 1. The zero-order chi connectivity index (χ0) is 20.2. The number of amides is 1. The van der Waals surface area contributed by atoms with E-state index in [1.807, 2.05) is 39.9 Å². The number of carbonyl (C=O) groups excluding carboxylic acids is 1. The number of aromatic nitrogens is 1. The van der Waals surface area contributed by atoms with Crippen LogP contribution in [0.15, 0.2) is 59.7 Å². The molecule has 1 aliphatic rings. The summed E-state index contributed by atoms with van der Waals surface area (Å²) in [6.45, 7) is 2.67. The quantitative estimate of drug-likeness (QED) is 0.678. The van der Waals surface area contributed by atoms with Gasteiger partial charge in [-0.2, -0.15) is 0 Å². The van der Waals surface area contributed by atoms with Crippen molar-refractivity contribution in [3.8, 4) is 0 Å². The molecule has 1 amide bonds. The molecule has 1 fully saturated rings. The van der Waals surface area contributed by atoms with Crippen molar-refractivity contribution >= 4 is 34.7 Å². The van der Waals surface area contributed by atoms with E-state index in [1.165, 1.54) is 12.1 Å². The van der Waals surface area contributed by atoms with Crippen LogP contribution in [0.5, 0.6) is 0 Å². The maximum absolute atomic E-state index is 12.7. The zero-order valence-electron chi connectivity index (χ0n) is 15.8. The van der Waals surface area contributed by atoms with Crippen molar-refractivity contribution in [1.29, 1.82) is 0 Å². The lowest BCUT2D eigenvalue weighted by molar-refractivity contribution is -0.135. The van der Waals surface area contributed by atoms with Gasteiger partial charge in [-0.05, 0) is 30.3 Å². The lowest BCUT2D eigenvalue weighted by atomic mass is 10.2. The first-order chi connectivity index (χ1) is 14.1. The third-order valence-electron chi connectivity index (χ3n) is 4.96. The number of nitrogens with zero attached hydrogens (tertiary/aromatic N) is 3. The number of para-hydroxylation sites is 1. The molecule has 1 aromatic heterocycles. The molecular weight excluding hydrogens is 370 g/mol. The van der Waals surface area contributed by atoms with Crippen molar-refractivity contribution in [3.05, 3.63) is 65.9 Å². The molecule has 0 atom stereocenters. The van der Waals surface area contributed by atoms with Crippen molar-refractivity contribution in [3.63, 3.8) is 0 Å². The zero-order valence-corrected chi connectivity index (χ0v) is 15.8. The van der Waals surface area contributed by atoms with Crippen LogP contribution >= 0.6 is 0 Å². The second-order valence-electron chi connectivity index (χ2n) is 6.83. The van der Waals surface area contributed by atoms with Crippen molar-refractivity contribution in [2.24, 2.45) is 4.99 Å². The Kier molecular flexibility index (Phi) is 5.39. The van der Waals surface area contributed by atoms with Crippen molar-refractivity contribution in [2.45, 2.75) is 6.54 Å². The minimum absolute atomic E-state index is 0.0711. The highest BCUT2D eigenvalue weighted by atomic mass is 16.5. The number of carbonyl (C=O) groups is 2. The van der Waals surface area contributed by atoms with Gasteiger partial charge in [0.25, 0.3) is 0 Å². The van der Waals surface area contributed by atoms with Gasteiger partial charge in [-0.25, -0.2) is 4.79 Å². The van der Waals surface area contributed by atoms with Crippen LogP contribution in [-0.4, -0.2) is 59.0 Å². The molecule has 7 heteroatoms. The number of morpholine rings is 1. The normalized spacial score (nSPS) is 14.6. The number of hydrogen-bond acceptors (Lipinski definition) is 4. The van der Waals surface area contributed by atoms with Crippen molar-refractivity contribution in [2.75, 3.05) is 26.3 Å². The lowest BCUT2D eigenvalue weighted by Gasteiger charge is -2.27. The fourth-order valence-corrected chi connectivity index (χ4v) is 3.40. The summed E-state index contributed by atoms with van der Waals surface area (Å²) in [5.74, 6) is -0.893. The summed E-state index contributed by atoms with van der Waals surface area (Å²) >= 11 is 0. The highest BCUT2D eigenvalue weighted by molar-refractivity contribution is 6.00. The average Bonchev–Trinajstić information content (AvgIpc) is 3.10. The first kappa shape index (κ1) is 18.9. The van der Waals surface area contributed by atoms with Crippen LogP contribution in [0.3, 0.4) is 0 Å². The van der Waals surface area contributed by atoms with Crippen LogP contribution in [-0.2, 0) is 16.1 Å². The van der Waals surface area contributed by atoms with Crippen molar-refractivity contribution in [1.82, 2.24) is 9.47 Å². The fraction of sp³-hybridized carbons (Fsp3) is 0.227. The Hall–Kier alpha value is -3.45. The number of hydrogen-bond donors (Lipinski definition) is 1. The summed E-state index contributed by atoms with van der Waals surface area (Å²) in [7, 11) is 0. The van der Waals surface area contributed by atoms with Gasteiger partial charge in [0.05, 0.1) is 24.5 Å². The standard InChI is InChI=1S/C22H21N3O4/c26-21(24-9-11-29-12-10-24)15-25-14-17(19-3-1-2-4-20(19)25)13-23-18-7-5-16(6-8-18)22(27)28/h1-8,13-14H,9-12,15H2,(H,27,28). The van der Waals surface area contributed by atoms with Crippen LogP contribution in [0, 0.1) is 0 Å². The molecule has 0 spiro atoms. The van der Waals surface area contributed by atoms with Crippen LogP contribution in [0.25, 0.3) is 10.9 Å². The summed E-state index contributed by atoms with van der Waals surface area (Å²) in [6, 6.07) is 14.3. The molecule has 1 saturated heterocycles. The Balaban J connectivity index is 1.58. The first-order valence-corrected chi connectivity index (χ1v) is 9.42. The molecule has 1 N–H and O–H groups in total. The van der Waals surface area contributed by atoms with Crippen molar-refractivity contribution < 1.29 is 19.4 Å². The Morgan fingerprint density at radius 1 is 1.07 bits per heavy atom. The van der Waals surface area contributed by atoms with E-state index in [2.05, 4.69) is 4.99 Å². The highest BCUT2D eigenvalue weighted by Crippen LogP contribution is 2.22. The number of carboxylic acid groups (broad SMARTS) is 1. The fourth-order valence-electron chi connectivity index (χ4n) is 3.40. The molecular formula is C22H21N3O4. The molecule has 3 aromatic rings. The van der Waals surface area contributed by atoms with Crippen LogP contribution < -0.4 is 0 Å². The second kappa shape index (κ2) is 8.28. The number of fused-ring (bicyclic) bond motifs is 1. The number of rotatable bonds is 5. The summed E-state index contributed by atoms with van der Waals surface area (Å²) in [5, 5.41) is 10.00. The maximum atomic E-state index is 12.7. The smallest absolute Gasteiger partial charge is 0.335 e. The molecule has 2 heterocycles. The van der Waals surface area contributed by atoms with E-state index in [-0.39, 0.29) is 18.0 Å². The summed E-state index contributed by atoms with van der Waals surface area (Å²) in [6.07, 6.45) is 3.67. The minimum atomic E-state index is -0.964. The second-order valence-corrected chi connectivity index (χ2v) is 6.83. The Morgan fingerprint density at radius 2 is 1.79 bits per heavy atom. The Morgan fingerprint density at radius 3 is 2.52 bits per heavy atom. The number of aliphatic imine (C=N–C) groups is 1. The summed E-state index contributed by atoms with van der Waals surface area (Å²) < 4.78 is 7.26. The Bertz CT molecular complexity index is 1060. The monoisotopic (exact) mass is 391 g/mol. The lowest BCUT2D eigenvalue weighted by Crippen LogP contribution is -2.42. The third-order valence-corrected chi connectivity index (χ3v) is 4.96. The first-order valence-electron chi connectivity index (χ1n) is 9.42. The van der Waals surface area contributed by atoms with E-state index in [9.17, 15) is 9.59 Å². The van der Waals surface area contributed by atoms with Gasteiger partial charge in [-0.1, -0.05) is 18.2 Å². The van der Waals surface area contributed by atoms with Gasteiger partial charge >= 0.3 is 5.97 Å². The molecule has 1 aliphatic heterocycles. The van der Waals surface area contributed by atoms with E-state index in [0.717, 1.165) is 16.5 Å². The number of aromatic carboxylic acids is 1. The molecule has 4 rings (SSSR count). The van der Waals surface area contributed by atoms with E-state index in [1.54, 1.807) is 18.3 Å². The van der Waals surface area contributed by atoms with Crippen LogP contribution in [0.2, 0.25) is 0 Å². The molecule has 0 saturated carbocycles. The van der Waals surface area contributed by atoms with Gasteiger partial charge in [0.2, 0.25) is 5.91 Å². The maximum Gasteiger partial charge on any atom is 0.335 e. The third kappa shape index (κ3) is 4.20. The van der Waals surface area contributed by atoms with Gasteiger partial charge in [0, 0.05) is 42.0 Å². The molecule has 0 unspecified atom stereocenters. The van der Waals surface area contributed by atoms with Gasteiger partial charge < -0.3 is 19.3 Å². The number of benzene rings is 2. The predicted molar refractivity (Wildman–Crippen MR) is 110 cm³/mol. The van der Waals surface area contributed by atoms with E-state index >= 15 is 0 Å². The molecule has 29 heavy (non-hydrogen) atoms. The largest absolute Gasteiger partial charge is 0.478 e. The highest BCUT2D eigenvalue weighted by Gasteiger charge is 2.18. The molecule has 0 bridgehead atoms. The predicted octanol–water partition coefficient (Wildman–Crippen LogP) is 2.95.